The molecule has 1 heterocycles. The molecule has 0 bridgehead atoms. The van der Waals surface area contributed by atoms with Crippen LogP contribution in [0.5, 0.6) is 0 Å². The van der Waals surface area contributed by atoms with E-state index >= 15 is 0 Å². The molecular weight excluding hydrogens is 288 g/mol. The first-order valence-electron chi connectivity index (χ1n) is 6.29. The van der Waals surface area contributed by atoms with Crippen molar-refractivity contribution in [3.63, 3.8) is 0 Å². The van der Waals surface area contributed by atoms with Crippen molar-refractivity contribution < 1.29 is 8.49 Å². The number of benzene rings is 1. The molecule has 1 unspecified atom stereocenters. The van der Waals surface area contributed by atoms with Gasteiger partial charge in [-0.3, -0.25) is 0 Å². The van der Waals surface area contributed by atoms with Crippen molar-refractivity contribution in [1.82, 2.24) is 15.4 Å². The summed E-state index contributed by atoms with van der Waals surface area (Å²) in [6.07, 6.45) is 0. The quantitative estimate of drug-likeness (QED) is 0.844. The molecule has 1 aliphatic rings. The zero-order valence-corrected chi connectivity index (χ0v) is 13.1. The zero-order valence-electron chi connectivity index (χ0n) is 12.3. The molecule has 1 aliphatic heterocycles. The topological polar surface area (TPSA) is 57.2 Å². The lowest BCUT2D eigenvalue weighted by atomic mass is 10.2. The predicted octanol–water partition coefficient (Wildman–Crippen LogP) is 2.06. The Bertz CT molecular complexity index is 642. The third-order valence-electron chi connectivity index (χ3n) is 3.13. The third-order valence-corrected chi connectivity index (χ3v) is 4.18. The Morgan fingerprint density at radius 1 is 1.38 bits per heavy atom. The standard InChI is InChI=1S/C14H18N4O2S/c1-10-8-6-7-9-14(10)21(19)20-16-12(3)18-13(4)17(5)11(2)15-18/h6-9,16H,3-4H2,1-2,5H3. The van der Waals surface area contributed by atoms with E-state index in [4.69, 9.17) is 4.28 Å². The maximum atomic E-state index is 12.1. The van der Waals surface area contributed by atoms with Crippen LogP contribution in [0.1, 0.15) is 12.5 Å². The monoisotopic (exact) mass is 306 g/mol. The minimum atomic E-state index is -1.63. The highest BCUT2D eigenvalue weighted by molar-refractivity contribution is 7.80. The lowest BCUT2D eigenvalue weighted by Crippen LogP contribution is -2.28. The number of nitrogens with one attached hydrogen (secondary N) is 1. The second kappa shape index (κ2) is 6.11. The molecule has 0 fully saturated rings. The van der Waals surface area contributed by atoms with Crippen molar-refractivity contribution >= 4 is 16.9 Å². The van der Waals surface area contributed by atoms with Gasteiger partial charge in [-0.05, 0) is 25.5 Å². The van der Waals surface area contributed by atoms with E-state index in [1.165, 1.54) is 5.01 Å². The fourth-order valence-corrected chi connectivity index (χ4v) is 2.51. The van der Waals surface area contributed by atoms with Crippen LogP contribution in [0.2, 0.25) is 0 Å². The van der Waals surface area contributed by atoms with E-state index in [-0.39, 0.29) is 0 Å². The number of hydrogen-bond acceptors (Lipinski definition) is 6. The average molecular weight is 306 g/mol. The molecule has 6 nitrogen and oxygen atoms in total. The Morgan fingerprint density at radius 2 is 2.05 bits per heavy atom. The second-order valence-corrected chi connectivity index (χ2v) is 5.64. The molecule has 0 saturated carbocycles. The lowest BCUT2D eigenvalue weighted by Gasteiger charge is -2.20. The summed E-state index contributed by atoms with van der Waals surface area (Å²) in [5.74, 6) is 1.75. The minimum Gasteiger partial charge on any atom is -0.317 e. The molecule has 0 amide bonds. The van der Waals surface area contributed by atoms with Crippen LogP contribution < -0.4 is 5.48 Å². The maximum absolute atomic E-state index is 12.1. The number of hydrazone groups is 1. The summed E-state index contributed by atoms with van der Waals surface area (Å²) in [6.45, 7) is 11.4. The van der Waals surface area contributed by atoms with Crippen LogP contribution in [0.15, 0.2) is 59.1 Å². The van der Waals surface area contributed by atoms with Gasteiger partial charge in [-0.15, -0.1) is 0 Å². The normalized spacial score (nSPS) is 16.0. The molecule has 1 N–H and O–H groups in total. The van der Waals surface area contributed by atoms with Crippen molar-refractivity contribution in [1.29, 1.82) is 0 Å². The summed E-state index contributed by atoms with van der Waals surface area (Å²) >= 11 is -1.63. The predicted molar refractivity (Wildman–Crippen MR) is 82.8 cm³/mol. The third kappa shape index (κ3) is 3.14. The van der Waals surface area contributed by atoms with E-state index < -0.39 is 11.1 Å². The van der Waals surface area contributed by atoms with Gasteiger partial charge in [0.15, 0.2) is 0 Å². The van der Waals surface area contributed by atoms with Crippen LogP contribution in [0.3, 0.4) is 0 Å². The Balaban J connectivity index is 1.98. The first-order chi connectivity index (χ1) is 9.91. The highest BCUT2D eigenvalue weighted by Gasteiger charge is 2.23. The number of hydroxylamine groups is 1. The minimum absolute atomic E-state index is 0.339. The molecule has 7 heteroatoms. The Kier molecular flexibility index (Phi) is 4.44. The van der Waals surface area contributed by atoms with Crippen LogP contribution in [0.25, 0.3) is 0 Å². The highest BCUT2D eigenvalue weighted by atomic mass is 32.2. The molecule has 1 aromatic carbocycles. The van der Waals surface area contributed by atoms with E-state index in [0.29, 0.717) is 16.5 Å². The largest absolute Gasteiger partial charge is 0.317 e. The fourth-order valence-electron chi connectivity index (χ4n) is 1.73. The van der Waals surface area contributed by atoms with Gasteiger partial charge >= 0.3 is 0 Å². The molecule has 1 atom stereocenters. The van der Waals surface area contributed by atoms with Crippen LogP contribution in [-0.2, 0) is 15.4 Å². The molecule has 112 valence electrons. The fraction of sp³-hybridized carbons (Fsp3) is 0.214. The van der Waals surface area contributed by atoms with Gasteiger partial charge in [0.05, 0.1) is 4.90 Å². The molecule has 0 aliphatic carbocycles. The van der Waals surface area contributed by atoms with Gasteiger partial charge in [0.25, 0.3) is 0 Å². The molecule has 2 rings (SSSR count). The molecule has 0 radical (unpaired) electrons. The SMILES string of the molecule is C=C(NOS(=O)c1ccccc1C)N1N=C(C)N(C)C1=C. The summed E-state index contributed by atoms with van der Waals surface area (Å²) < 4.78 is 17.2. The summed E-state index contributed by atoms with van der Waals surface area (Å²) in [6, 6.07) is 7.31. The van der Waals surface area contributed by atoms with Gasteiger partial charge < -0.3 is 4.90 Å². The van der Waals surface area contributed by atoms with Crippen LogP contribution in [-0.4, -0.2) is 27.0 Å². The van der Waals surface area contributed by atoms with Gasteiger partial charge in [0, 0.05) is 7.05 Å². The Hall–Kier alpha value is -2.12. The molecule has 1 aromatic rings. The van der Waals surface area contributed by atoms with Gasteiger partial charge in [0.1, 0.15) is 17.5 Å². The molecule has 0 saturated heterocycles. The van der Waals surface area contributed by atoms with Crippen LogP contribution in [0.4, 0.5) is 0 Å². The number of nitrogens with zero attached hydrogens (tertiary/aromatic N) is 3. The lowest BCUT2D eigenvalue weighted by molar-refractivity contribution is 0.208. The van der Waals surface area contributed by atoms with Crippen molar-refractivity contribution in [2.75, 3.05) is 7.05 Å². The van der Waals surface area contributed by atoms with Gasteiger partial charge in [-0.25, -0.2) is 9.69 Å². The number of aryl methyl sites for hydroxylation is 1. The first kappa shape index (κ1) is 15.3. The molecule has 21 heavy (non-hydrogen) atoms. The summed E-state index contributed by atoms with van der Waals surface area (Å²) in [5.41, 5.74) is 3.45. The van der Waals surface area contributed by atoms with Gasteiger partial charge in [0.2, 0.25) is 11.1 Å². The van der Waals surface area contributed by atoms with E-state index in [2.05, 4.69) is 23.7 Å². The van der Waals surface area contributed by atoms with Crippen LogP contribution >= 0.6 is 0 Å². The highest BCUT2D eigenvalue weighted by Crippen LogP contribution is 2.20. The van der Waals surface area contributed by atoms with E-state index in [1.54, 1.807) is 6.07 Å². The van der Waals surface area contributed by atoms with E-state index in [0.717, 1.165) is 11.4 Å². The van der Waals surface area contributed by atoms with Gasteiger partial charge in [-0.2, -0.15) is 14.4 Å². The van der Waals surface area contributed by atoms with Crippen molar-refractivity contribution in [2.45, 2.75) is 18.7 Å². The second-order valence-electron chi connectivity index (χ2n) is 4.57. The first-order valence-corrected chi connectivity index (χ1v) is 7.37. The van der Waals surface area contributed by atoms with E-state index in [9.17, 15) is 4.21 Å². The van der Waals surface area contributed by atoms with Crippen molar-refractivity contribution in [3.05, 3.63) is 54.6 Å². The average Bonchev–Trinajstić information content (AvgIpc) is 2.72. The number of hydrogen-bond donors (Lipinski definition) is 1. The van der Waals surface area contributed by atoms with Crippen molar-refractivity contribution in [2.24, 2.45) is 5.10 Å². The van der Waals surface area contributed by atoms with Gasteiger partial charge in [-0.1, -0.05) is 31.4 Å². The molecule has 0 aromatic heterocycles. The zero-order chi connectivity index (χ0) is 15.6. The number of rotatable bonds is 5. The maximum Gasteiger partial charge on any atom is 0.212 e. The molecular formula is C14H18N4O2S. The summed E-state index contributed by atoms with van der Waals surface area (Å²) in [4.78, 5) is 2.42. The van der Waals surface area contributed by atoms with E-state index in [1.807, 2.05) is 44.0 Å². The number of amidine groups is 1. The van der Waals surface area contributed by atoms with Crippen LogP contribution in [0, 0.1) is 6.92 Å². The Labute approximate surface area is 127 Å². The Morgan fingerprint density at radius 3 is 2.62 bits per heavy atom. The molecule has 0 spiro atoms. The smallest absolute Gasteiger partial charge is 0.212 e. The summed E-state index contributed by atoms with van der Waals surface area (Å²) in [5, 5.41) is 5.74. The summed E-state index contributed by atoms with van der Waals surface area (Å²) in [7, 11) is 1.85. The van der Waals surface area contributed by atoms with Crippen molar-refractivity contribution in [3.8, 4) is 0 Å².